The molecule has 0 amide bonds. The molecule has 1 aromatic carbocycles. The second-order valence-electron chi connectivity index (χ2n) is 5.21. The summed E-state index contributed by atoms with van der Waals surface area (Å²) in [7, 11) is 0. The molecule has 3 aromatic rings. The van der Waals surface area contributed by atoms with Crippen molar-refractivity contribution >= 4 is 56.8 Å². The predicted molar refractivity (Wildman–Crippen MR) is 103 cm³/mol. The van der Waals surface area contributed by atoms with Gasteiger partial charge < -0.3 is 15.3 Å². The second kappa shape index (κ2) is 7.39. The average molecular weight is 421 g/mol. The van der Waals surface area contributed by atoms with Crippen LogP contribution in [0.3, 0.4) is 0 Å². The molecule has 0 aliphatic rings. The van der Waals surface area contributed by atoms with Gasteiger partial charge in [-0.05, 0) is 36.8 Å². The van der Waals surface area contributed by atoms with Crippen LogP contribution < -0.4 is 0 Å². The minimum absolute atomic E-state index is 0.0672. The molecule has 0 fully saturated rings. The Hall–Kier alpha value is -2.89. The normalized spacial score (nSPS) is 11.1. The topological polar surface area (TPSA) is 124 Å². The maximum absolute atomic E-state index is 11.4. The van der Waals surface area contributed by atoms with Gasteiger partial charge in [0, 0.05) is 0 Å². The summed E-state index contributed by atoms with van der Waals surface area (Å²) in [6, 6.07) is 8.91. The summed E-state index contributed by atoms with van der Waals surface area (Å²) in [5, 5.41) is 36.7. The quantitative estimate of drug-likeness (QED) is 0.386. The third-order valence-electron chi connectivity index (χ3n) is 3.55. The van der Waals surface area contributed by atoms with Crippen molar-refractivity contribution in [3.05, 3.63) is 50.3 Å². The number of thiazole rings is 1. The minimum Gasteiger partial charge on any atom is -0.492 e. The summed E-state index contributed by atoms with van der Waals surface area (Å²) in [5.41, 5.74) is 0.517. The Kier molecular flexibility index (Phi) is 5.17. The highest BCUT2D eigenvalue weighted by Crippen LogP contribution is 2.40. The van der Waals surface area contributed by atoms with Gasteiger partial charge in [-0.1, -0.05) is 29.5 Å². The van der Waals surface area contributed by atoms with Crippen LogP contribution in [0.1, 0.15) is 25.6 Å². The monoisotopic (exact) mass is 421 g/mol. The number of rotatable bonds is 5. The third-order valence-corrected chi connectivity index (χ3v) is 5.96. The summed E-state index contributed by atoms with van der Waals surface area (Å²) in [6.45, 7) is 1.40. The van der Waals surface area contributed by atoms with E-state index in [1.807, 2.05) is 6.07 Å². The molecular weight excluding hydrogens is 410 g/mol. The first-order valence-electron chi connectivity index (χ1n) is 7.33. The highest BCUT2D eigenvalue weighted by atomic mass is 32.1. The Morgan fingerprint density at radius 3 is 2.26 bits per heavy atom. The lowest BCUT2D eigenvalue weighted by Crippen LogP contribution is -2.00. The fraction of sp³-hybridized carbons (Fsp3) is 0.0625. The Balaban J connectivity index is 2.06. The van der Waals surface area contributed by atoms with Crippen LogP contribution in [0.25, 0.3) is 5.69 Å². The van der Waals surface area contributed by atoms with Gasteiger partial charge in [-0.25, -0.2) is 9.59 Å². The maximum atomic E-state index is 11.4. The maximum Gasteiger partial charge on any atom is 0.346 e. The van der Waals surface area contributed by atoms with E-state index in [0.717, 1.165) is 11.3 Å². The van der Waals surface area contributed by atoms with Gasteiger partial charge in [0.2, 0.25) is 10.9 Å². The highest BCUT2D eigenvalue weighted by Gasteiger charge is 2.24. The molecule has 138 valence electrons. The number of aromatic carboxylic acids is 2. The van der Waals surface area contributed by atoms with Crippen LogP contribution >= 0.6 is 34.9 Å². The van der Waals surface area contributed by atoms with E-state index in [0.29, 0.717) is 21.0 Å². The van der Waals surface area contributed by atoms with Gasteiger partial charge in [-0.15, -0.1) is 21.6 Å². The van der Waals surface area contributed by atoms with Crippen molar-refractivity contribution in [2.75, 3.05) is 0 Å². The zero-order valence-electron chi connectivity index (χ0n) is 13.6. The van der Waals surface area contributed by atoms with Gasteiger partial charge in [0.05, 0.1) is 5.69 Å². The number of azo groups is 1. The number of benzene rings is 1. The van der Waals surface area contributed by atoms with Gasteiger partial charge in [0.25, 0.3) is 0 Å². The van der Waals surface area contributed by atoms with Gasteiger partial charge in [0.15, 0.2) is 8.96 Å². The first-order valence-corrected chi connectivity index (χ1v) is 9.37. The van der Waals surface area contributed by atoms with E-state index in [9.17, 15) is 24.9 Å². The van der Waals surface area contributed by atoms with Crippen LogP contribution in [0.2, 0.25) is 0 Å². The van der Waals surface area contributed by atoms with Crippen LogP contribution in [0, 0.1) is 10.9 Å². The van der Waals surface area contributed by atoms with E-state index in [-0.39, 0.29) is 31.9 Å². The van der Waals surface area contributed by atoms with Crippen LogP contribution in [0.5, 0.6) is 5.88 Å². The standard InChI is InChI=1S/C16H11N3O5S3/c1-7-9(14(21)22)11(26-10(7)15(23)24)17-18-12-13(20)19(16(25)27-12)8-5-3-2-4-6-8/h2-6,20H,1H3,(H,21,22)(H,23,24). The number of aromatic hydroxyl groups is 1. The molecule has 27 heavy (non-hydrogen) atoms. The van der Waals surface area contributed by atoms with E-state index in [1.165, 1.54) is 11.5 Å². The van der Waals surface area contributed by atoms with Crippen molar-refractivity contribution in [3.8, 4) is 11.6 Å². The molecule has 8 nitrogen and oxygen atoms in total. The number of hydrogen-bond acceptors (Lipinski definition) is 8. The molecule has 0 saturated heterocycles. The molecular formula is C16H11N3O5S3. The summed E-state index contributed by atoms with van der Waals surface area (Å²) in [5.74, 6) is -2.78. The molecule has 3 rings (SSSR count). The zero-order valence-corrected chi connectivity index (χ0v) is 16.1. The Labute approximate surface area is 165 Å². The summed E-state index contributed by atoms with van der Waals surface area (Å²) < 4.78 is 1.74. The zero-order chi connectivity index (χ0) is 19.7. The first-order chi connectivity index (χ1) is 12.8. The molecule has 0 saturated carbocycles. The molecule has 0 bridgehead atoms. The smallest absolute Gasteiger partial charge is 0.346 e. The molecule has 0 radical (unpaired) electrons. The number of carbonyl (C=O) groups is 2. The largest absolute Gasteiger partial charge is 0.492 e. The van der Waals surface area contributed by atoms with Gasteiger partial charge >= 0.3 is 11.9 Å². The molecule has 0 aliphatic carbocycles. The molecule has 11 heteroatoms. The lowest BCUT2D eigenvalue weighted by Gasteiger charge is -2.03. The van der Waals surface area contributed by atoms with Crippen molar-refractivity contribution < 1.29 is 24.9 Å². The molecule has 0 spiro atoms. The number of carboxylic acid groups (broad SMARTS) is 2. The minimum atomic E-state index is -1.30. The molecule has 0 atom stereocenters. The van der Waals surface area contributed by atoms with Crippen molar-refractivity contribution in [2.45, 2.75) is 6.92 Å². The van der Waals surface area contributed by atoms with Crippen molar-refractivity contribution in [1.29, 1.82) is 0 Å². The number of carboxylic acids is 2. The van der Waals surface area contributed by atoms with Crippen molar-refractivity contribution in [1.82, 2.24) is 4.57 Å². The summed E-state index contributed by atoms with van der Waals surface area (Å²) in [4.78, 5) is 22.6. The highest BCUT2D eigenvalue weighted by molar-refractivity contribution is 7.73. The predicted octanol–water partition coefficient (Wildman–Crippen LogP) is 5.16. The van der Waals surface area contributed by atoms with Crippen molar-refractivity contribution in [3.63, 3.8) is 0 Å². The van der Waals surface area contributed by atoms with Gasteiger partial charge in [-0.2, -0.15) is 0 Å². The Morgan fingerprint density at radius 1 is 1.04 bits per heavy atom. The number of aromatic nitrogens is 1. The van der Waals surface area contributed by atoms with Gasteiger partial charge in [-0.3, -0.25) is 4.57 Å². The fourth-order valence-corrected chi connectivity index (χ4v) is 4.44. The Morgan fingerprint density at radius 2 is 1.67 bits per heavy atom. The lowest BCUT2D eigenvalue weighted by atomic mass is 10.1. The van der Waals surface area contributed by atoms with Crippen molar-refractivity contribution in [2.24, 2.45) is 10.2 Å². The molecule has 3 N–H and O–H groups in total. The first kappa shape index (κ1) is 18.9. The second-order valence-corrected chi connectivity index (χ2v) is 7.84. The average Bonchev–Trinajstić information content (AvgIpc) is 3.10. The van der Waals surface area contributed by atoms with Gasteiger partial charge in [0.1, 0.15) is 10.4 Å². The number of para-hydroxylation sites is 1. The lowest BCUT2D eigenvalue weighted by molar-refractivity contribution is 0.0696. The van der Waals surface area contributed by atoms with E-state index in [2.05, 4.69) is 10.2 Å². The van der Waals surface area contributed by atoms with Crippen LogP contribution in [0.4, 0.5) is 10.0 Å². The third kappa shape index (κ3) is 3.52. The van der Waals surface area contributed by atoms with Crippen LogP contribution in [0.15, 0.2) is 40.6 Å². The fourth-order valence-electron chi connectivity index (χ4n) is 2.34. The molecule has 0 aliphatic heterocycles. The molecule has 2 heterocycles. The van der Waals surface area contributed by atoms with E-state index in [4.69, 9.17) is 12.2 Å². The number of thiophene rings is 1. The van der Waals surface area contributed by atoms with Crippen LogP contribution in [-0.4, -0.2) is 31.8 Å². The van der Waals surface area contributed by atoms with Crippen LogP contribution in [-0.2, 0) is 0 Å². The van der Waals surface area contributed by atoms with E-state index < -0.39 is 11.9 Å². The molecule has 0 unspecified atom stereocenters. The Bertz CT molecular complexity index is 1130. The summed E-state index contributed by atoms with van der Waals surface area (Å²) >= 11 is 6.95. The van der Waals surface area contributed by atoms with E-state index in [1.54, 1.807) is 24.3 Å². The molecule has 2 aromatic heterocycles. The SMILES string of the molecule is Cc1c(C(=O)O)sc(N=Nc2sc(=S)n(-c3ccccc3)c2O)c1C(=O)O. The number of nitrogens with zero attached hydrogens (tertiary/aromatic N) is 3. The number of hydrogen-bond donors (Lipinski definition) is 3. The van der Waals surface area contributed by atoms with E-state index >= 15 is 0 Å². The summed E-state index contributed by atoms with van der Waals surface area (Å²) in [6.07, 6.45) is 0.